The maximum atomic E-state index is 13.0. The van der Waals surface area contributed by atoms with Gasteiger partial charge in [-0.05, 0) is 51.9 Å². The molecular formula is C24H42N4O3. The molecule has 0 spiro atoms. The summed E-state index contributed by atoms with van der Waals surface area (Å²) in [4.78, 5) is 34.1. The van der Waals surface area contributed by atoms with Gasteiger partial charge >= 0.3 is 0 Å². The SMILES string of the molecule is CCCN(CCC(C)CC)C(=O)CN=C1CCC/C1=C(/N)C(=O)N1CC(C)OC(C)C1. The average Bonchev–Trinajstić information content (AvgIpc) is 3.21. The number of morpholine rings is 1. The van der Waals surface area contributed by atoms with Crippen LogP contribution in [0.4, 0.5) is 0 Å². The second kappa shape index (κ2) is 12.2. The van der Waals surface area contributed by atoms with Gasteiger partial charge in [0, 0.05) is 37.5 Å². The van der Waals surface area contributed by atoms with Crippen LogP contribution in [0.25, 0.3) is 0 Å². The molecule has 0 aromatic carbocycles. The van der Waals surface area contributed by atoms with Crippen LogP contribution in [-0.2, 0) is 14.3 Å². The highest BCUT2D eigenvalue weighted by Gasteiger charge is 2.30. The number of hydrogen-bond acceptors (Lipinski definition) is 5. The van der Waals surface area contributed by atoms with Crippen molar-refractivity contribution in [3.05, 3.63) is 11.3 Å². The van der Waals surface area contributed by atoms with E-state index in [1.165, 1.54) is 0 Å². The number of amides is 2. The van der Waals surface area contributed by atoms with Crippen molar-refractivity contribution in [2.45, 2.75) is 85.4 Å². The lowest BCUT2D eigenvalue weighted by atomic mass is 10.1. The molecule has 7 nitrogen and oxygen atoms in total. The lowest BCUT2D eigenvalue weighted by Crippen LogP contribution is -2.49. The zero-order valence-corrected chi connectivity index (χ0v) is 20.2. The molecule has 2 N–H and O–H groups in total. The number of nitrogens with two attached hydrogens (primary N) is 1. The molecule has 1 aliphatic heterocycles. The van der Waals surface area contributed by atoms with Gasteiger partial charge in [-0.15, -0.1) is 0 Å². The predicted molar refractivity (Wildman–Crippen MR) is 125 cm³/mol. The third-order valence-corrected chi connectivity index (χ3v) is 6.29. The average molecular weight is 435 g/mol. The van der Waals surface area contributed by atoms with E-state index in [0.717, 1.165) is 62.9 Å². The summed E-state index contributed by atoms with van der Waals surface area (Å²) in [7, 11) is 0. The van der Waals surface area contributed by atoms with Gasteiger partial charge < -0.3 is 20.3 Å². The molecule has 7 heteroatoms. The molecule has 176 valence electrons. The van der Waals surface area contributed by atoms with Gasteiger partial charge in [-0.1, -0.05) is 27.2 Å². The molecule has 0 aromatic rings. The van der Waals surface area contributed by atoms with E-state index in [1.54, 1.807) is 4.90 Å². The molecule has 2 fully saturated rings. The molecule has 0 aromatic heterocycles. The van der Waals surface area contributed by atoms with Crippen LogP contribution in [0.2, 0.25) is 0 Å². The number of rotatable bonds is 9. The third kappa shape index (κ3) is 7.34. The molecule has 1 aliphatic carbocycles. The Morgan fingerprint density at radius 1 is 1.19 bits per heavy atom. The van der Waals surface area contributed by atoms with Crippen LogP contribution in [-0.4, -0.2) is 72.3 Å². The lowest BCUT2D eigenvalue weighted by molar-refractivity contribution is -0.139. The second-order valence-electron chi connectivity index (χ2n) is 9.16. The smallest absolute Gasteiger partial charge is 0.270 e. The molecule has 3 unspecified atom stereocenters. The zero-order chi connectivity index (χ0) is 23.0. The van der Waals surface area contributed by atoms with E-state index in [-0.39, 0.29) is 36.3 Å². The quantitative estimate of drug-likeness (QED) is 0.565. The molecule has 3 atom stereocenters. The first-order valence-corrected chi connectivity index (χ1v) is 12.0. The van der Waals surface area contributed by atoms with E-state index < -0.39 is 0 Å². The summed E-state index contributed by atoms with van der Waals surface area (Å²) in [5.74, 6) is 0.531. The first-order valence-electron chi connectivity index (χ1n) is 12.0. The van der Waals surface area contributed by atoms with Crippen molar-refractivity contribution in [3.63, 3.8) is 0 Å². The fourth-order valence-corrected chi connectivity index (χ4v) is 4.31. The summed E-state index contributed by atoms with van der Waals surface area (Å²) in [6, 6.07) is 0. The van der Waals surface area contributed by atoms with Crippen molar-refractivity contribution in [2.75, 3.05) is 32.7 Å². The van der Waals surface area contributed by atoms with Gasteiger partial charge in [-0.25, -0.2) is 0 Å². The minimum absolute atomic E-state index is 0.000174. The zero-order valence-electron chi connectivity index (χ0n) is 20.2. The van der Waals surface area contributed by atoms with Gasteiger partial charge in [0.15, 0.2) is 0 Å². The van der Waals surface area contributed by atoms with Gasteiger partial charge in [0.2, 0.25) is 5.91 Å². The number of allylic oxidation sites excluding steroid dienone is 1. The number of carbonyl (C=O) groups excluding carboxylic acids is 2. The van der Waals surface area contributed by atoms with E-state index in [1.807, 2.05) is 18.7 Å². The van der Waals surface area contributed by atoms with Crippen LogP contribution in [0.15, 0.2) is 16.3 Å². The van der Waals surface area contributed by atoms with Crippen LogP contribution in [0.1, 0.15) is 73.1 Å². The summed E-state index contributed by atoms with van der Waals surface area (Å²) in [6.07, 6.45) is 5.50. The van der Waals surface area contributed by atoms with Gasteiger partial charge in [-0.2, -0.15) is 0 Å². The maximum Gasteiger partial charge on any atom is 0.270 e. The van der Waals surface area contributed by atoms with Crippen LogP contribution in [0.5, 0.6) is 0 Å². The fraction of sp³-hybridized carbons (Fsp3) is 0.792. The minimum Gasteiger partial charge on any atom is -0.394 e. The lowest BCUT2D eigenvalue weighted by Gasteiger charge is -2.35. The van der Waals surface area contributed by atoms with E-state index in [2.05, 4.69) is 25.8 Å². The van der Waals surface area contributed by atoms with E-state index >= 15 is 0 Å². The van der Waals surface area contributed by atoms with Crippen molar-refractivity contribution in [1.29, 1.82) is 0 Å². The maximum absolute atomic E-state index is 13.0. The summed E-state index contributed by atoms with van der Waals surface area (Å²) >= 11 is 0. The van der Waals surface area contributed by atoms with Crippen molar-refractivity contribution in [2.24, 2.45) is 16.6 Å². The summed E-state index contributed by atoms with van der Waals surface area (Å²) in [5, 5.41) is 0. The molecule has 0 radical (unpaired) electrons. The number of ether oxygens (including phenoxy) is 1. The van der Waals surface area contributed by atoms with E-state index in [4.69, 9.17) is 10.5 Å². The Balaban J connectivity index is 2.06. The Morgan fingerprint density at radius 3 is 2.48 bits per heavy atom. The fourth-order valence-electron chi connectivity index (χ4n) is 4.31. The molecule has 0 bridgehead atoms. The molecule has 1 saturated carbocycles. The first kappa shape index (κ1) is 25.4. The van der Waals surface area contributed by atoms with Crippen molar-refractivity contribution < 1.29 is 14.3 Å². The summed E-state index contributed by atoms with van der Waals surface area (Å²) < 4.78 is 5.73. The number of carbonyl (C=O) groups is 2. The van der Waals surface area contributed by atoms with Gasteiger partial charge in [0.05, 0.1) is 12.2 Å². The van der Waals surface area contributed by atoms with Gasteiger partial charge in [0.25, 0.3) is 5.91 Å². The molecule has 31 heavy (non-hydrogen) atoms. The third-order valence-electron chi connectivity index (χ3n) is 6.29. The summed E-state index contributed by atoms with van der Waals surface area (Å²) in [6.45, 7) is 13.2. The summed E-state index contributed by atoms with van der Waals surface area (Å²) in [5.41, 5.74) is 8.25. The normalized spacial score (nSPS) is 25.6. The van der Waals surface area contributed by atoms with Crippen molar-refractivity contribution in [1.82, 2.24) is 9.80 Å². The van der Waals surface area contributed by atoms with Crippen molar-refractivity contribution >= 4 is 17.5 Å². The van der Waals surface area contributed by atoms with Crippen molar-refractivity contribution in [3.8, 4) is 0 Å². The molecule has 2 rings (SSSR count). The van der Waals surface area contributed by atoms with Crippen LogP contribution in [0, 0.1) is 5.92 Å². The highest BCUT2D eigenvalue weighted by molar-refractivity contribution is 6.09. The molecule has 2 amide bonds. The monoisotopic (exact) mass is 434 g/mol. The molecule has 1 heterocycles. The Hall–Kier alpha value is -1.89. The molecular weight excluding hydrogens is 392 g/mol. The highest BCUT2D eigenvalue weighted by Crippen LogP contribution is 2.25. The second-order valence-corrected chi connectivity index (χ2v) is 9.16. The number of aliphatic imine (C=N–C) groups is 1. The standard InChI is InChI=1S/C24H42N4O3/c1-6-12-27(13-11-17(3)7-2)22(29)14-26-21-10-8-9-20(21)23(25)24(30)28-15-18(4)31-19(5)16-28/h17-19H,6-16,25H2,1-5H3/b23-20-,26-21?. The van der Waals surface area contributed by atoms with Crippen LogP contribution >= 0.6 is 0 Å². The topological polar surface area (TPSA) is 88.2 Å². The van der Waals surface area contributed by atoms with Gasteiger partial charge in [0.1, 0.15) is 12.2 Å². The Bertz CT molecular complexity index is 678. The Morgan fingerprint density at radius 2 is 1.87 bits per heavy atom. The largest absolute Gasteiger partial charge is 0.394 e. The highest BCUT2D eigenvalue weighted by atomic mass is 16.5. The van der Waals surface area contributed by atoms with E-state index in [0.29, 0.717) is 19.0 Å². The minimum atomic E-state index is -0.140. The van der Waals surface area contributed by atoms with Gasteiger partial charge in [-0.3, -0.25) is 14.6 Å². The molecule has 2 aliphatic rings. The molecule has 1 saturated heterocycles. The number of hydrogen-bond donors (Lipinski definition) is 1. The van der Waals surface area contributed by atoms with E-state index in [9.17, 15) is 9.59 Å². The number of nitrogens with zero attached hydrogens (tertiary/aromatic N) is 3. The van der Waals surface area contributed by atoms with Crippen LogP contribution in [0.3, 0.4) is 0 Å². The van der Waals surface area contributed by atoms with Crippen LogP contribution < -0.4 is 5.73 Å². The Labute approximate surface area is 188 Å². The predicted octanol–water partition coefficient (Wildman–Crippen LogP) is 3.13. The Kier molecular flexibility index (Phi) is 10.0. The first-order chi connectivity index (χ1) is 14.8.